The molecule has 0 aromatic heterocycles. The quantitative estimate of drug-likeness (QED) is 0.844. The van der Waals surface area contributed by atoms with Gasteiger partial charge in [0, 0.05) is 16.7 Å². The van der Waals surface area contributed by atoms with E-state index in [2.05, 4.69) is 48.0 Å². The number of nitrogens with zero attached hydrogens (tertiary/aromatic N) is 2. The van der Waals surface area contributed by atoms with Gasteiger partial charge < -0.3 is 10.6 Å². The van der Waals surface area contributed by atoms with Crippen molar-refractivity contribution < 1.29 is 0 Å². The summed E-state index contributed by atoms with van der Waals surface area (Å²) in [7, 11) is 0. The van der Waals surface area contributed by atoms with Crippen LogP contribution in [0.5, 0.6) is 0 Å². The molecule has 1 saturated heterocycles. The molecule has 2 aliphatic heterocycles. The van der Waals surface area contributed by atoms with Gasteiger partial charge in [-0.2, -0.15) is 11.8 Å². The molecule has 4 heteroatoms. The van der Waals surface area contributed by atoms with Gasteiger partial charge >= 0.3 is 0 Å². The van der Waals surface area contributed by atoms with Gasteiger partial charge in [0.2, 0.25) is 0 Å². The van der Waals surface area contributed by atoms with Crippen LogP contribution >= 0.6 is 11.8 Å². The van der Waals surface area contributed by atoms with Crippen LogP contribution < -0.4 is 10.6 Å². The number of rotatable bonds is 1. The van der Waals surface area contributed by atoms with Gasteiger partial charge in [0.05, 0.1) is 12.1 Å². The van der Waals surface area contributed by atoms with Crippen molar-refractivity contribution in [3.05, 3.63) is 29.8 Å². The third-order valence-corrected chi connectivity index (χ3v) is 5.27. The molecule has 0 saturated carbocycles. The molecule has 2 unspecified atom stereocenters. The highest BCUT2D eigenvalue weighted by Crippen LogP contribution is 2.43. The molecule has 2 heterocycles. The summed E-state index contributed by atoms with van der Waals surface area (Å²) in [6.07, 6.45) is 1.16. The molecule has 0 radical (unpaired) electrons. The zero-order chi connectivity index (χ0) is 12.8. The maximum Gasteiger partial charge on any atom is 0.196 e. The van der Waals surface area contributed by atoms with Gasteiger partial charge in [-0.1, -0.05) is 24.6 Å². The highest BCUT2D eigenvalue weighted by atomic mass is 32.2. The van der Waals surface area contributed by atoms with Crippen LogP contribution in [0.4, 0.5) is 5.69 Å². The lowest BCUT2D eigenvalue weighted by Gasteiger charge is -2.35. The van der Waals surface area contributed by atoms with E-state index < -0.39 is 0 Å². The van der Waals surface area contributed by atoms with Crippen molar-refractivity contribution in [3.8, 4) is 0 Å². The number of anilines is 1. The molecule has 0 bridgehead atoms. The number of nitrogens with two attached hydrogens (primary N) is 1. The van der Waals surface area contributed by atoms with Crippen LogP contribution in [0.2, 0.25) is 0 Å². The van der Waals surface area contributed by atoms with Crippen LogP contribution in [0.3, 0.4) is 0 Å². The molecular weight excluding hydrogens is 242 g/mol. The van der Waals surface area contributed by atoms with Crippen molar-refractivity contribution in [2.75, 3.05) is 17.2 Å². The fraction of sp³-hybridized carbons (Fsp3) is 0.500. The molecule has 0 amide bonds. The molecule has 1 aromatic rings. The average molecular weight is 261 g/mol. The molecule has 2 aliphatic rings. The average Bonchev–Trinajstić information content (AvgIpc) is 2.86. The fourth-order valence-electron chi connectivity index (χ4n) is 2.93. The van der Waals surface area contributed by atoms with Crippen molar-refractivity contribution in [2.45, 2.75) is 31.1 Å². The molecule has 1 fully saturated rings. The summed E-state index contributed by atoms with van der Waals surface area (Å²) in [5.41, 5.74) is 8.68. The molecule has 2 atom stereocenters. The Morgan fingerprint density at radius 3 is 2.72 bits per heavy atom. The van der Waals surface area contributed by atoms with Crippen LogP contribution in [0.25, 0.3) is 0 Å². The Kier molecular flexibility index (Phi) is 2.77. The topological polar surface area (TPSA) is 41.6 Å². The SMILES string of the molecule is Cc1ccc(N2C(N)=NCC23CSC(C)C3)cc1. The Morgan fingerprint density at radius 1 is 1.39 bits per heavy atom. The van der Waals surface area contributed by atoms with E-state index in [-0.39, 0.29) is 5.54 Å². The van der Waals surface area contributed by atoms with Crippen LogP contribution in [-0.4, -0.2) is 29.0 Å². The summed E-state index contributed by atoms with van der Waals surface area (Å²) < 4.78 is 0. The van der Waals surface area contributed by atoms with Gasteiger partial charge in [0.15, 0.2) is 5.96 Å². The maximum absolute atomic E-state index is 6.12. The highest BCUT2D eigenvalue weighted by Gasteiger charge is 2.47. The van der Waals surface area contributed by atoms with Gasteiger partial charge in [-0.15, -0.1) is 0 Å². The van der Waals surface area contributed by atoms with Crippen molar-refractivity contribution in [1.82, 2.24) is 0 Å². The van der Waals surface area contributed by atoms with E-state index in [1.165, 1.54) is 11.3 Å². The number of aryl methyl sites for hydroxylation is 1. The normalized spacial score (nSPS) is 31.1. The van der Waals surface area contributed by atoms with E-state index in [1.54, 1.807) is 0 Å². The third kappa shape index (κ3) is 1.79. The first-order chi connectivity index (χ1) is 8.61. The van der Waals surface area contributed by atoms with Crippen molar-refractivity contribution in [1.29, 1.82) is 0 Å². The zero-order valence-electron chi connectivity index (χ0n) is 10.9. The Morgan fingerprint density at radius 2 is 2.11 bits per heavy atom. The first-order valence-corrected chi connectivity index (χ1v) is 7.44. The van der Waals surface area contributed by atoms with E-state index in [0.717, 1.165) is 18.7 Å². The fourth-order valence-corrected chi connectivity index (χ4v) is 4.29. The number of hydrogen-bond donors (Lipinski definition) is 1. The van der Waals surface area contributed by atoms with Crippen LogP contribution in [-0.2, 0) is 0 Å². The molecule has 1 spiro atoms. The van der Waals surface area contributed by atoms with E-state index in [9.17, 15) is 0 Å². The molecule has 3 nitrogen and oxygen atoms in total. The second kappa shape index (κ2) is 4.19. The monoisotopic (exact) mass is 261 g/mol. The number of hydrogen-bond acceptors (Lipinski definition) is 4. The van der Waals surface area contributed by atoms with Crippen molar-refractivity contribution >= 4 is 23.4 Å². The summed E-state index contributed by atoms with van der Waals surface area (Å²) in [6, 6.07) is 8.58. The molecule has 3 rings (SSSR count). The molecule has 18 heavy (non-hydrogen) atoms. The zero-order valence-corrected chi connectivity index (χ0v) is 11.7. The van der Waals surface area contributed by atoms with Gasteiger partial charge in [-0.3, -0.25) is 4.99 Å². The second-order valence-electron chi connectivity index (χ2n) is 5.40. The Balaban J connectivity index is 1.97. The lowest BCUT2D eigenvalue weighted by Crippen LogP contribution is -2.52. The summed E-state index contributed by atoms with van der Waals surface area (Å²) in [6.45, 7) is 5.24. The Bertz CT molecular complexity index is 482. The number of guanidine groups is 1. The van der Waals surface area contributed by atoms with Crippen molar-refractivity contribution in [2.24, 2.45) is 10.7 Å². The smallest absolute Gasteiger partial charge is 0.196 e. The summed E-state index contributed by atoms with van der Waals surface area (Å²) in [4.78, 5) is 6.75. The largest absolute Gasteiger partial charge is 0.369 e. The first-order valence-electron chi connectivity index (χ1n) is 6.39. The van der Waals surface area contributed by atoms with Gasteiger partial charge in [0.25, 0.3) is 0 Å². The maximum atomic E-state index is 6.12. The summed E-state index contributed by atoms with van der Waals surface area (Å²) >= 11 is 2.03. The van der Waals surface area contributed by atoms with Gasteiger partial charge in [0.1, 0.15) is 0 Å². The van der Waals surface area contributed by atoms with E-state index in [1.807, 2.05) is 11.8 Å². The summed E-state index contributed by atoms with van der Waals surface area (Å²) in [5.74, 6) is 1.79. The molecule has 96 valence electrons. The van der Waals surface area contributed by atoms with Crippen LogP contribution in [0.15, 0.2) is 29.3 Å². The van der Waals surface area contributed by atoms with E-state index in [0.29, 0.717) is 11.2 Å². The Hall–Kier alpha value is -1.16. The third-order valence-electron chi connectivity index (χ3n) is 3.83. The lowest BCUT2D eigenvalue weighted by molar-refractivity contribution is 0.493. The molecule has 1 aromatic carbocycles. The van der Waals surface area contributed by atoms with Crippen LogP contribution in [0.1, 0.15) is 18.9 Å². The number of thioether (sulfide) groups is 1. The lowest BCUT2D eigenvalue weighted by atomic mass is 9.94. The molecule has 0 aliphatic carbocycles. The molecular formula is C14H19N3S. The minimum atomic E-state index is 0.115. The van der Waals surface area contributed by atoms with Crippen molar-refractivity contribution in [3.63, 3.8) is 0 Å². The molecule has 2 N–H and O–H groups in total. The number of benzene rings is 1. The minimum absolute atomic E-state index is 0.115. The van der Waals surface area contributed by atoms with E-state index in [4.69, 9.17) is 5.73 Å². The number of aliphatic imine (C=N–C) groups is 1. The predicted molar refractivity (Wildman–Crippen MR) is 79.4 cm³/mol. The highest BCUT2D eigenvalue weighted by molar-refractivity contribution is 8.00. The summed E-state index contributed by atoms with van der Waals surface area (Å²) in [5, 5.41) is 0.694. The van der Waals surface area contributed by atoms with E-state index >= 15 is 0 Å². The Labute approximate surface area is 112 Å². The van der Waals surface area contributed by atoms with Crippen LogP contribution in [0, 0.1) is 6.92 Å². The minimum Gasteiger partial charge on any atom is -0.369 e. The van der Waals surface area contributed by atoms with Gasteiger partial charge in [-0.05, 0) is 25.5 Å². The van der Waals surface area contributed by atoms with Gasteiger partial charge in [-0.25, -0.2) is 0 Å². The second-order valence-corrected chi connectivity index (χ2v) is 6.82. The first kappa shape index (κ1) is 11.9. The predicted octanol–water partition coefficient (Wildman–Crippen LogP) is 2.39. The standard InChI is InChI=1S/C14H19N3S/c1-10-3-5-12(6-4-10)17-13(15)16-8-14(17)7-11(2)18-9-14/h3-6,11H,7-9H2,1-2H3,(H2,15,16).